The summed E-state index contributed by atoms with van der Waals surface area (Å²) in [5.74, 6) is -0.249. The third-order valence-corrected chi connectivity index (χ3v) is 8.97. The minimum Gasteiger partial charge on any atom is -0.393 e. The summed E-state index contributed by atoms with van der Waals surface area (Å²) in [6, 6.07) is 7.55. The number of aliphatic hydroxyl groups is 1. The van der Waals surface area contributed by atoms with Crippen LogP contribution >= 0.6 is 22.9 Å². The van der Waals surface area contributed by atoms with Gasteiger partial charge in [0.2, 0.25) is 5.78 Å². The SMILES string of the molecule is Cc1sc(C(=O)c2cncnc2N[C@@H]2C[C@H](CNS(=O)(=O)O)[C@@H](O)C2)cc1[C@@H]1NCCc2ccc(Cl)cc21. The summed E-state index contributed by atoms with van der Waals surface area (Å²) in [6.07, 6.45) is 3.73. The van der Waals surface area contributed by atoms with E-state index in [0.717, 1.165) is 29.0 Å². The molecule has 3 heterocycles. The van der Waals surface area contributed by atoms with E-state index in [-0.39, 0.29) is 24.4 Å². The normalized spacial score (nSPS) is 23.3. The zero-order chi connectivity index (χ0) is 27.0. The zero-order valence-corrected chi connectivity index (χ0v) is 22.9. The molecule has 5 rings (SSSR count). The van der Waals surface area contributed by atoms with Gasteiger partial charge in [0.1, 0.15) is 12.1 Å². The maximum atomic E-state index is 13.6. The van der Waals surface area contributed by atoms with E-state index >= 15 is 0 Å². The number of aryl methyl sites for hydroxylation is 1. The molecule has 5 N–H and O–H groups in total. The molecule has 0 saturated heterocycles. The van der Waals surface area contributed by atoms with Crippen LogP contribution in [-0.2, 0) is 16.7 Å². The Morgan fingerprint density at radius 2 is 2.08 bits per heavy atom. The van der Waals surface area contributed by atoms with Crippen LogP contribution in [-0.4, -0.2) is 59.1 Å². The first kappa shape index (κ1) is 27.1. The predicted octanol–water partition coefficient (Wildman–Crippen LogP) is 2.91. The van der Waals surface area contributed by atoms with Gasteiger partial charge < -0.3 is 15.7 Å². The second-order valence-corrected chi connectivity index (χ2v) is 12.6. The minimum atomic E-state index is -4.35. The molecule has 13 heteroatoms. The van der Waals surface area contributed by atoms with Crippen LogP contribution in [0.3, 0.4) is 0 Å². The summed E-state index contributed by atoms with van der Waals surface area (Å²) in [6.45, 7) is 2.74. The van der Waals surface area contributed by atoms with Gasteiger partial charge in [-0.3, -0.25) is 9.35 Å². The molecule has 0 bridgehead atoms. The van der Waals surface area contributed by atoms with Gasteiger partial charge in [0.05, 0.1) is 22.6 Å². The first-order valence-electron chi connectivity index (χ1n) is 12.2. The molecule has 10 nitrogen and oxygen atoms in total. The highest BCUT2D eigenvalue weighted by Gasteiger charge is 2.34. The predicted molar refractivity (Wildman–Crippen MR) is 145 cm³/mol. The lowest BCUT2D eigenvalue weighted by Gasteiger charge is -2.27. The molecule has 3 aromatic rings. The third kappa shape index (κ3) is 5.91. The van der Waals surface area contributed by atoms with Gasteiger partial charge in [-0.25, -0.2) is 9.97 Å². The summed E-state index contributed by atoms with van der Waals surface area (Å²) in [5, 5.41) is 17.8. The molecule has 38 heavy (non-hydrogen) atoms. The van der Waals surface area contributed by atoms with Crippen molar-refractivity contribution in [2.75, 3.05) is 18.4 Å². The van der Waals surface area contributed by atoms with Crippen molar-refractivity contribution in [3.63, 3.8) is 0 Å². The number of halogens is 1. The Kier molecular flexibility index (Phi) is 7.83. The van der Waals surface area contributed by atoms with Crippen LogP contribution in [0.25, 0.3) is 0 Å². The number of anilines is 1. The molecule has 0 unspecified atom stereocenters. The second-order valence-electron chi connectivity index (χ2n) is 9.68. The van der Waals surface area contributed by atoms with Crippen molar-refractivity contribution in [2.24, 2.45) is 5.92 Å². The molecular weight excluding hydrogens is 550 g/mol. The largest absolute Gasteiger partial charge is 0.393 e. The van der Waals surface area contributed by atoms with E-state index in [9.17, 15) is 18.3 Å². The molecule has 1 aromatic carbocycles. The number of benzene rings is 1. The highest BCUT2D eigenvalue weighted by atomic mass is 35.5. The number of nitrogens with one attached hydrogen (secondary N) is 3. The molecule has 1 fully saturated rings. The van der Waals surface area contributed by atoms with E-state index in [2.05, 4.69) is 26.7 Å². The van der Waals surface area contributed by atoms with Gasteiger partial charge in [0.25, 0.3) is 0 Å². The van der Waals surface area contributed by atoms with Gasteiger partial charge in [-0.1, -0.05) is 17.7 Å². The van der Waals surface area contributed by atoms with Crippen molar-refractivity contribution in [1.29, 1.82) is 0 Å². The standard InChI is InChI=1S/C25H28ClN5O5S2/c1-13-18(23-19-7-16(26)3-2-14(19)4-5-28-23)9-22(37-13)24(33)20-11-27-12-29-25(20)31-17-6-15(21(32)8-17)10-30-38(34,35)36/h2-3,7,9,11-12,15,17,21,23,28,30,32H,4-6,8,10H2,1H3,(H,27,29,31)(H,34,35,36)/t15-,17-,21+,23+/m1/s1. The smallest absolute Gasteiger partial charge is 0.333 e. The Morgan fingerprint density at radius 1 is 1.26 bits per heavy atom. The average molecular weight is 578 g/mol. The number of carbonyl (C=O) groups is 1. The molecule has 2 aliphatic rings. The van der Waals surface area contributed by atoms with E-state index in [4.69, 9.17) is 16.2 Å². The minimum absolute atomic E-state index is 0.0619. The van der Waals surface area contributed by atoms with Crippen LogP contribution < -0.4 is 15.4 Å². The first-order valence-corrected chi connectivity index (χ1v) is 14.9. The highest BCUT2D eigenvalue weighted by Crippen LogP contribution is 2.37. The zero-order valence-electron chi connectivity index (χ0n) is 20.5. The van der Waals surface area contributed by atoms with E-state index < -0.39 is 22.3 Å². The lowest BCUT2D eigenvalue weighted by molar-refractivity contribution is 0.104. The van der Waals surface area contributed by atoms with Crippen LogP contribution in [0, 0.1) is 12.8 Å². The molecule has 202 valence electrons. The number of nitrogens with zero attached hydrogens (tertiary/aromatic N) is 2. The summed E-state index contributed by atoms with van der Waals surface area (Å²) in [5.41, 5.74) is 3.70. The van der Waals surface area contributed by atoms with Gasteiger partial charge in [-0.05, 0) is 61.1 Å². The summed E-state index contributed by atoms with van der Waals surface area (Å²) >= 11 is 7.71. The van der Waals surface area contributed by atoms with Gasteiger partial charge in [0, 0.05) is 41.1 Å². The number of fused-ring (bicyclic) bond motifs is 1. The van der Waals surface area contributed by atoms with E-state index in [1.165, 1.54) is 29.4 Å². The third-order valence-electron chi connectivity index (χ3n) is 7.14. The molecule has 2 aromatic heterocycles. The van der Waals surface area contributed by atoms with E-state index in [1.807, 2.05) is 29.8 Å². The van der Waals surface area contributed by atoms with Gasteiger partial charge in [-0.2, -0.15) is 13.1 Å². The van der Waals surface area contributed by atoms with Crippen molar-refractivity contribution in [2.45, 2.75) is 44.4 Å². The summed E-state index contributed by atoms with van der Waals surface area (Å²) < 4.78 is 33.0. The Morgan fingerprint density at radius 3 is 2.87 bits per heavy atom. The fourth-order valence-electron chi connectivity index (χ4n) is 5.28. The van der Waals surface area contributed by atoms with Gasteiger partial charge in [-0.15, -0.1) is 11.3 Å². The van der Waals surface area contributed by atoms with Gasteiger partial charge in [0.15, 0.2) is 0 Å². The Labute approximate surface area is 229 Å². The number of carbonyl (C=O) groups excluding carboxylic acids is 1. The summed E-state index contributed by atoms with van der Waals surface area (Å²) in [7, 11) is -4.35. The quantitative estimate of drug-likeness (QED) is 0.201. The Hall–Kier alpha value is -2.45. The molecule has 0 radical (unpaired) electrons. The van der Waals surface area contributed by atoms with Crippen molar-refractivity contribution < 1.29 is 22.9 Å². The number of rotatable bonds is 8. The number of aromatic nitrogens is 2. The number of hydrogen-bond acceptors (Lipinski definition) is 9. The summed E-state index contributed by atoms with van der Waals surface area (Å²) in [4.78, 5) is 23.6. The fourth-order valence-corrected chi connectivity index (χ4v) is 6.90. The maximum Gasteiger partial charge on any atom is 0.333 e. The molecule has 1 aliphatic heterocycles. The molecular formula is C25H28ClN5O5S2. The van der Waals surface area contributed by atoms with Crippen LogP contribution in [0.1, 0.15) is 55.7 Å². The maximum absolute atomic E-state index is 13.6. The van der Waals surface area contributed by atoms with Crippen LogP contribution in [0.4, 0.5) is 5.82 Å². The van der Waals surface area contributed by atoms with Crippen molar-refractivity contribution in [3.8, 4) is 0 Å². The van der Waals surface area contributed by atoms with Crippen molar-refractivity contribution in [3.05, 3.63) is 73.8 Å². The number of thiophene rings is 1. The monoisotopic (exact) mass is 577 g/mol. The average Bonchev–Trinajstić information content (AvgIpc) is 3.43. The van der Waals surface area contributed by atoms with E-state index in [0.29, 0.717) is 34.1 Å². The number of ketones is 1. The van der Waals surface area contributed by atoms with Crippen LogP contribution in [0.5, 0.6) is 0 Å². The molecule has 1 aliphatic carbocycles. The fraction of sp³-hybridized carbons (Fsp3) is 0.400. The second kappa shape index (κ2) is 11.0. The lowest BCUT2D eigenvalue weighted by atomic mass is 9.90. The van der Waals surface area contributed by atoms with Crippen molar-refractivity contribution in [1.82, 2.24) is 20.0 Å². The number of aliphatic hydroxyl groups excluding tert-OH is 1. The van der Waals surface area contributed by atoms with E-state index in [1.54, 1.807) is 0 Å². The first-order chi connectivity index (χ1) is 18.1. The molecule has 0 amide bonds. The molecule has 1 saturated carbocycles. The lowest BCUT2D eigenvalue weighted by Crippen LogP contribution is -2.32. The van der Waals surface area contributed by atoms with Gasteiger partial charge >= 0.3 is 10.3 Å². The van der Waals surface area contributed by atoms with Crippen LogP contribution in [0.15, 0.2) is 36.8 Å². The molecule has 4 atom stereocenters. The Bertz CT molecular complexity index is 1460. The molecule has 0 spiro atoms. The Balaban J connectivity index is 1.35. The topological polar surface area (TPSA) is 154 Å². The van der Waals surface area contributed by atoms with Crippen LogP contribution in [0.2, 0.25) is 5.02 Å². The highest BCUT2D eigenvalue weighted by molar-refractivity contribution is 7.83. The number of hydrogen-bond donors (Lipinski definition) is 5. The van der Waals surface area contributed by atoms with Crippen molar-refractivity contribution >= 4 is 44.8 Å².